The summed E-state index contributed by atoms with van der Waals surface area (Å²) in [5.41, 5.74) is 0. The zero-order valence-corrected chi connectivity index (χ0v) is 1.67. The van der Waals surface area contributed by atoms with Crippen LogP contribution < -0.4 is 5.26 Å². The van der Waals surface area contributed by atoms with Crippen LogP contribution in [0.15, 0.2) is 0 Å². The summed E-state index contributed by atoms with van der Waals surface area (Å²) in [6, 6.07) is 0. The van der Waals surface area contributed by atoms with Gasteiger partial charge in [0.1, 0.15) is 0 Å². The summed E-state index contributed by atoms with van der Waals surface area (Å²) < 4.78 is 0. The van der Waals surface area contributed by atoms with Gasteiger partial charge in [0.05, 0.1) is 0 Å². The zero-order chi connectivity index (χ0) is 4.00. The van der Waals surface area contributed by atoms with Gasteiger partial charge in [0.25, 0.3) is 0 Å². The molecular weight excluding hydrogens is 88.0 g/mol. The molecule has 4 nitrogen and oxygen atoms in total. The van der Waals surface area contributed by atoms with Crippen LogP contribution in [0.5, 0.6) is 0 Å². The first-order valence-corrected chi connectivity index (χ1v) is 0.349. The van der Waals surface area contributed by atoms with E-state index in [0.29, 0.717) is 0 Å². The van der Waals surface area contributed by atoms with Gasteiger partial charge in [-0.3, -0.25) is 0 Å². The fourth-order valence-electron chi connectivity index (χ4n) is 0. The second-order valence-electron chi connectivity index (χ2n) is 0. The maximum Gasteiger partial charge on any atom is 0 e. The van der Waals surface area contributed by atoms with Crippen LogP contribution in [0.2, 0.25) is 0 Å². The predicted octanol–water partition coefficient (Wildman–Crippen LogP) is 0.159. The molecule has 0 radical (unpaired) electrons. The van der Waals surface area contributed by atoms with E-state index in [0.717, 1.165) is 0 Å². The van der Waals surface area contributed by atoms with Crippen molar-refractivity contribution in [2.24, 2.45) is 0 Å². The van der Waals surface area contributed by atoms with Gasteiger partial charge in [0, 0.05) is 9.93 Å². The van der Waals surface area contributed by atoms with Gasteiger partial charge in [-0.2, -0.15) is 0 Å². The molecule has 0 aliphatic heterocycles. The molecule has 0 heterocycles. The summed E-state index contributed by atoms with van der Waals surface area (Å²) >= 11 is 0. The molecule has 0 rings (SSSR count). The van der Waals surface area contributed by atoms with Crippen molar-refractivity contribution in [2.75, 3.05) is 0 Å². The third kappa shape index (κ3) is 97.0. The Morgan fingerprint density at radius 1 is 1.00 bits per heavy atom. The molecule has 0 aliphatic rings. The van der Waals surface area contributed by atoms with E-state index < -0.39 is 0 Å². The first kappa shape index (κ1) is 48.8. The Hall–Kier alpha value is -0.480. The minimum Gasteiger partial charge on any atom is -0.727 e. The maximum atomic E-state index is 7.25. The molecular formula is C2H9O4-. The van der Waals surface area contributed by atoms with E-state index >= 15 is 0 Å². The van der Waals surface area contributed by atoms with Crippen LogP contribution in [0.25, 0.3) is 0 Å². The van der Waals surface area contributed by atoms with Crippen LogP contribution in [0.4, 0.5) is 0 Å². The van der Waals surface area contributed by atoms with Gasteiger partial charge < -0.3 is 10.5 Å². The Morgan fingerprint density at radius 3 is 1.00 bits per heavy atom. The van der Waals surface area contributed by atoms with E-state index in [4.69, 9.17) is 20.4 Å². The van der Waals surface area contributed by atoms with Crippen molar-refractivity contribution in [2.45, 2.75) is 14.9 Å². The van der Waals surface area contributed by atoms with Gasteiger partial charge in [0.15, 0.2) is 0 Å². The Bertz CT molecular complexity index is 5.51. The zero-order valence-electron chi connectivity index (χ0n) is 1.67. The van der Waals surface area contributed by atoms with Gasteiger partial charge in [-0.25, -0.2) is 0 Å². The van der Waals surface area contributed by atoms with Gasteiger partial charge >= 0.3 is 0 Å². The number of hydrogen-bond donors (Lipinski definition) is 1. The lowest BCUT2D eigenvalue weighted by atomic mass is 12.0. The van der Waals surface area contributed by atoms with E-state index in [1.165, 1.54) is 0 Å². The second-order valence-corrected chi connectivity index (χ2v) is 0. The summed E-state index contributed by atoms with van der Waals surface area (Å²) in [4.78, 5) is 14.0. The SMILES string of the molecule is C.C.O=O.[O-]O. The molecule has 0 saturated carbocycles. The van der Waals surface area contributed by atoms with Crippen molar-refractivity contribution in [1.29, 1.82) is 0 Å². The summed E-state index contributed by atoms with van der Waals surface area (Å²) in [6.45, 7) is 0. The first-order chi connectivity index (χ1) is 2.00. The van der Waals surface area contributed by atoms with E-state index in [-0.39, 0.29) is 14.9 Å². The molecule has 0 bridgehead atoms. The highest BCUT2D eigenvalue weighted by Crippen LogP contribution is 0.741. The molecule has 1 N–H and O–H groups in total. The Balaban J connectivity index is -0.00000000500. The summed E-state index contributed by atoms with van der Waals surface area (Å²) in [5, 5.41) is 13.0. The predicted molar refractivity (Wildman–Crippen MR) is 22.8 cm³/mol. The molecule has 42 valence electrons. The van der Waals surface area contributed by atoms with E-state index in [1.807, 2.05) is 0 Å². The first-order valence-electron chi connectivity index (χ1n) is 0.349. The molecule has 0 fully saturated rings. The molecule has 0 aromatic carbocycles. The lowest BCUT2D eigenvalue weighted by Crippen LogP contribution is -1.84. The standard InChI is InChI=1S/2CH4.H2O2.O2/c;;2*1-2/h2*1H4;1-2H;/p-1. The molecule has 0 aliphatic carbocycles. The highest BCUT2D eigenvalue weighted by atomic mass is 17.0. The third-order valence-corrected chi connectivity index (χ3v) is 0. The minimum atomic E-state index is 0. The topological polar surface area (TPSA) is 77.4 Å². The van der Waals surface area contributed by atoms with Crippen molar-refractivity contribution in [3.05, 3.63) is 9.93 Å². The highest BCUT2D eigenvalue weighted by molar-refractivity contribution is 4.07. The number of rotatable bonds is 0. The van der Waals surface area contributed by atoms with E-state index in [1.54, 1.807) is 0 Å². The summed E-state index contributed by atoms with van der Waals surface area (Å²) in [6.07, 6.45) is 0. The van der Waals surface area contributed by atoms with Crippen molar-refractivity contribution in [3.63, 3.8) is 0 Å². The summed E-state index contributed by atoms with van der Waals surface area (Å²) in [7, 11) is 0. The van der Waals surface area contributed by atoms with Crippen LogP contribution in [-0.4, -0.2) is 5.26 Å². The van der Waals surface area contributed by atoms with Crippen LogP contribution in [-0.2, 0) is 0 Å². The Kier molecular flexibility index (Phi) is 1980. The van der Waals surface area contributed by atoms with Crippen LogP contribution in [0.3, 0.4) is 0 Å². The monoisotopic (exact) mass is 97.1 g/mol. The molecule has 0 aromatic heterocycles. The largest absolute Gasteiger partial charge is 0.727 e. The van der Waals surface area contributed by atoms with Crippen LogP contribution in [0, 0.1) is 9.93 Å². The Labute approximate surface area is 36.6 Å². The number of hydrogen-bond acceptors (Lipinski definition) is 4. The molecule has 6 heavy (non-hydrogen) atoms. The fraction of sp³-hybridized carbons (Fsp3) is 1.00. The van der Waals surface area contributed by atoms with Crippen LogP contribution in [0.1, 0.15) is 14.9 Å². The van der Waals surface area contributed by atoms with Crippen molar-refractivity contribution >= 4 is 0 Å². The molecule has 0 saturated heterocycles. The van der Waals surface area contributed by atoms with Crippen molar-refractivity contribution < 1.29 is 10.5 Å². The second kappa shape index (κ2) is 243. The van der Waals surface area contributed by atoms with Crippen molar-refractivity contribution in [3.8, 4) is 0 Å². The molecule has 0 amide bonds. The molecule has 4 heteroatoms. The normalized spacial score (nSPS) is 1.67. The smallest absolute Gasteiger partial charge is 0 e. The van der Waals surface area contributed by atoms with Gasteiger partial charge in [-0.05, 0) is 0 Å². The van der Waals surface area contributed by atoms with E-state index in [2.05, 4.69) is 0 Å². The molecule has 0 spiro atoms. The van der Waals surface area contributed by atoms with Gasteiger partial charge in [0.2, 0.25) is 0 Å². The average Bonchev–Trinajstić information content (AvgIpc) is 1.50. The molecule has 0 atom stereocenters. The lowest BCUT2D eigenvalue weighted by Gasteiger charge is -1.61. The minimum absolute atomic E-state index is 0. The van der Waals surface area contributed by atoms with E-state index in [9.17, 15) is 0 Å². The van der Waals surface area contributed by atoms with Gasteiger partial charge in [-0.1, -0.05) is 14.9 Å². The maximum absolute atomic E-state index is 7.25. The quantitative estimate of drug-likeness (QED) is 0.345. The highest BCUT2D eigenvalue weighted by Gasteiger charge is 0.707. The molecule has 0 aromatic rings. The fourth-order valence-corrected chi connectivity index (χ4v) is 0. The molecule has 0 unspecified atom stereocenters. The average molecular weight is 97.1 g/mol. The Morgan fingerprint density at radius 2 is 1.00 bits per heavy atom. The van der Waals surface area contributed by atoms with Crippen LogP contribution >= 0.6 is 0 Å². The lowest BCUT2D eigenvalue weighted by molar-refractivity contribution is -0.670. The third-order valence-electron chi connectivity index (χ3n) is 0. The van der Waals surface area contributed by atoms with Gasteiger partial charge in [-0.15, -0.1) is 0 Å². The summed E-state index contributed by atoms with van der Waals surface area (Å²) in [5.74, 6) is 0. The van der Waals surface area contributed by atoms with Crippen molar-refractivity contribution in [1.82, 2.24) is 0 Å².